The molecule has 290 valence electrons. The topological polar surface area (TPSA) is 94.7 Å². The largest absolute Gasteiger partial charge is 0.618 e. The molecule has 3 aromatic carbocycles. The van der Waals surface area contributed by atoms with Gasteiger partial charge >= 0.3 is 0 Å². The summed E-state index contributed by atoms with van der Waals surface area (Å²) in [4.78, 5) is 12.6. The molecule has 0 spiro atoms. The number of aromatic nitrogens is 1. The minimum Gasteiger partial charge on any atom is -0.618 e. The maximum absolute atomic E-state index is 12.6. The normalized spacial score (nSPS) is 18.4. The molecule has 1 aromatic heterocycles. The maximum atomic E-state index is 12.6. The summed E-state index contributed by atoms with van der Waals surface area (Å²) in [5.41, 5.74) is 4.82. The highest BCUT2D eigenvalue weighted by Gasteiger charge is 2.42. The first-order valence-electron chi connectivity index (χ1n) is 20.3. The molecule has 5 rings (SSSR count). The maximum Gasteiger partial charge on any atom is 0.251 e. The summed E-state index contributed by atoms with van der Waals surface area (Å²) in [6.45, 7) is 2.72. The number of aliphatic hydroxyl groups is 1. The SMILES string of the molecule is CCCCCCCCCCCCCCCC(=O)NCc1ccc(C2O[C@H](CSc3cccc[n+]3[O-])[C@@H](c3ccccc3)[C@H](c3ccc(CO)cc3)O2)cc1. The molecule has 54 heavy (non-hydrogen) atoms. The van der Waals surface area contributed by atoms with Crippen molar-refractivity contribution in [1.29, 1.82) is 0 Å². The number of hydrogen-bond donors (Lipinski definition) is 2. The van der Waals surface area contributed by atoms with Crippen LogP contribution in [0.25, 0.3) is 0 Å². The van der Waals surface area contributed by atoms with E-state index >= 15 is 0 Å². The van der Waals surface area contributed by atoms with Crippen molar-refractivity contribution in [2.24, 2.45) is 0 Å². The van der Waals surface area contributed by atoms with Gasteiger partial charge in [-0.1, -0.05) is 175 Å². The second-order valence-electron chi connectivity index (χ2n) is 14.6. The van der Waals surface area contributed by atoms with E-state index in [0.717, 1.165) is 45.4 Å². The minimum atomic E-state index is -0.646. The molecule has 2 heterocycles. The molecule has 1 saturated heterocycles. The number of carbonyl (C=O) groups is 1. The van der Waals surface area contributed by atoms with E-state index < -0.39 is 6.29 Å². The van der Waals surface area contributed by atoms with Crippen molar-refractivity contribution in [1.82, 2.24) is 5.32 Å². The van der Waals surface area contributed by atoms with E-state index in [4.69, 9.17) is 9.47 Å². The number of ether oxygens (including phenoxy) is 2. The fraction of sp³-hybridized carbons (Fsp3) is 0.478. The lowest BCUT2D eigenvalue weighted by molar-refractivity contribution is -0.645. The average molecular weight is 753 g/mol. The van der Waals surface area contributed by atoms with Crippen LogP contribution in [0.2, 0.25) is 0 Å². The first-order valence-corrected chi connectivity index (χ1v) is 21.3. The summed E-state index contributed by atoms with van der Waals surface area (Å²) in [6, 6.07) is 31.7. The van der Waals surface area contributed by atoms with Gasteiger partial charge in [-0.15, -0.1) is 0 Å². The van der Waals surface area contributed by atoms with Crippen molar-refractivity contribution in [3.63, 3.8) is 0 Å². The molecule has 4 aromatic rings. The lowest BCUT2D eigenvalue weighted by atomic mass is 9.84. The first kappa shape index (κ1) is 41.5. The van der Waals surface area contributed by atoms with Gasteiger partial charge in [-0.25, -0.2) is 0 Å². The summed E-state index contributed by atoms with van der Waals surface area (Å²) in [5.74, 6) is 0.490. The Labute approximate surface area is 327 Å². The Morgan fingerprint density at radius 3 is 1.93 bits per heavy atom. The number of thioether (sulfide) groups is 1. The lowest BCUT2D eigenvalue weighted by Crippen LogP contribution is -2.39. The first-order chi connectivity index (χ1) is 26.6. The van der Waals surface area contributed by atoms with E-state index in [1.165, 1.54) is 88.6 Å². The van der Waals surface area contributed by atoms with E-state index in [1.54, 1.807) is 6.07 Å². The van der Waals surface area contributed by atoms with Gasteiger partial charge in [-0.3, -0.25) is 4.79 Å². The number of benzene rings is 3. The van der Waals surface area contributed by atoms with Crippen LogP contribution in [-0.4, -0.2) is 22.9 Å². The van der Waals surface area contributed by atoms with Gasteiger partial charge in [-0.2, -0.15) is 4.73 Å². The molecule has 0 saturated carbocycles. The quantitative estimate of drug-likeness (QED) is 0.0339. The summed E-state index contributed by atoms with van der Waals surface area (Å²) < 4.78 is 14.5. The number of rotatable bonds is 23. The molecular formula is C46H60N2O5S. The molecule has 1 unspecified atom stereocenters. The Morgan fingerprint density at radius 1 is 0.704 bits per heavy atom. The smallest absolute Gasteiger partial charge is 0.251 e. The Hall–Kier alpha value is -3.69. The molecule has 0 aliphatic carbocycles. The molecule has 7 nitrogen and oxygen atoms in total. The third-order valence-corrected chi connectivity index (χ3v) is 11.5. The van der Waals surface area contributed by atoms with E-state index in [0.29, 0.717) is 23.7 Å². The summed E-state index contributed by atoms with van der Waals surface area (Å²) >= 11 is 1.48. The highest BCUT2D eigenvalue weighted by atomic mass is 32.2. The molecule has 2 N–H and O–H groups in total. The highest BCUT2D eigenvalue weighted by molar-refractivity contribution is 7.99. The van der Waals surface area contributed by atoms with Crippen molar-refractivity contribution in [3.05, 3.63) is 136 Å². The number of amides is 1. The number of aliphatic hydroxyl groups excluding tert-OH is 1. The van der Waals surface area contributed by atoms with Gasteiger partial charge in [0.15, 0.2) is 12.5 Å². The number of carbonyl (C=O) groups excluding carboxylic acids is 1. The van der Waals surface area contributed by atoms with Crippen LogP contribution in [0, 0.1) is 5.21 Å². The van der Waals surface area contributed by atoms with E-state index in [-0.39, 0.29) is 30.6 Å². The van der Waals surface area contributed by atoms with Crippen LogP contribution in [0.4, 0.5) is 0 Å². The number of pyridine rings is 1. The van der Waals surface area contributed by atoms with Crippen LogP contribution in [0.1, 0.15) is 143 Å². The highest BCUT2D eigenvalue weighted by Crippen LogP contribution is 2.48. The van der Waals surface area contributed by atoms with E-state index in [1.807, 2.05) is 78.9 Å². The van der Waals surface area contributed by atoms with Crippen LogP contribution >= 0.6 is 11.8 Å². The van der Waals surface area contributed by atoms with Gasteiger partial charge in [0.05, 0.1) is 18.8 Å². The standard InChI is InChI=1S/C46H60N2O5S/c1-2-3-4-5-6-7-8-9-10-11-12-13-17-22-42(50)47-33-36-24-30-40(31-25-36)46-52-41(35-54-43-23-18-19-32-48(43)51)44(38-20-15-14-16-21-38)45(53-46)39-28-26-37(34-49)27-29-39/h14-16,18-21,23-32,41,44-46,49H,2-13,17,22,33-35H2,1H3,(H,47,50)/t41-,44-,45+,46?/m1/s1. The average Bonchev–Trinajstić information content (AvgIpc) is 3.21. The predicted molar refractivity (Wildman–Crippen MR) is 218 cm³/mol. The molecule has 4 atom stereocenters. The summed E-state index contributed by atoms with van der Waals surface area (Å²) in [7, 11) is 0. The third-order valence-electron chi connectivity index (χ3n) is 10.4. The third kappa shape index (κ3) is 13.3. The zero-order valence-electron chi connectivity index (χ0n) is 32.1. The number of nitrogens with zero attached hydrogens (tertiary/aromatic N) is 1. The van der Waals surface area contributed by atoms with Crippen LogP contribution in [0.15, 0.2) is 108 Å². The molecule has 1 amide bonds. The zero-order valence-corrected chi connectivity index (χ0v) is 32.9. The lowest BCUT2D eigenvalue weighted by Gasteiger charge is -2.43. The van der Waals surface area contributed by atoms with Crippen molar-refractivity contribution in [2.45, 2.75) is 139 Å². The molecule has 0 radical (unpaired) electrons. The number of unbranched alkanes of at least 4 members (excludes halogenated alkanes) is 12. The fourth-order valence-electron chi connectivity index (χ4n) is 7.23. The fourth-order valence-corrected chi connectivity index (χ4v) is 8.21. The predicted octanol–water partition coefficient (Wildman–Crippen LogP) is 10.6. The monoisotopic (exact) mass is 752 g/mol. The Bertz CT molecular complexity index is 1640. The van der Waals surface area contributed by atoms with Crippen LogP contribution < -0.4 is 10.0 Å². The van der Waals surface area contributed by atoms with E-state index in [2.05, 4.69) is 24.4 Å². The Kier molecular flexibility index (Phi) is 17.9. The molecular weight excluding hydrogens is 693 g/mol. The van der Waals surface area contributed by atoms with Gasteiger partial charge in [0.2, 0.25) is 5.91 Å². The van der Waals surface area contributed by atoms with Gasteiger partial charge in [0.25, 0.3) is 5.03 Å². The molecule has 1 fully saturated rings. The van der Waals surface area contributed by atoms with Crippen molar-refractivity contribution < 1.29 is 24.1 Å². The van der Waals surface area contributed by atoms with Crippen LogP contribution in [-0.2, 0) is 27.4 Å². The van der Waals surface area contributed by atoms with Gasteiger partial charge in [-0.05, 0) is 34.7 Å². The molecule has 8 heteroatoms. The van der Waals surface area contributed by atoms with Crippen molar-refractivity contribution >= 4 is 17.7 Å². The Balaban J connectivity index is 1.15. The van der Waals surface area contributed by atoms with E-state index in [9.17, 15) is 15.1 Å². The van der Waals surface area contributed by atoms with Crippen molar-refractivity contribution in [2.75, 3.05) is 5.75 Å². The number of nitrogens with one attached hydrogen (secondary N) is 1. The zero-order chi connectivity index (χ0) is 37.8. The second-order valence-corrected chi connectivity index (χ2v) is 15.6. The summed E-state index contributed by atoms with van der Waals surface area (Å²) in [5, 5.41) is 26.0. The molecule has 0 bridgehead atoms. The van der Waals surface area contributed by atoms with Gasteiger partial charge < -0.3 is 25.1 Å². The van der Waals surface area contributed by atoms with Crippen LogP contribution in [0.3, 0.4) is 0 Å². The van der Waals surface area contributed by atoms with Crippen molar-refractivity contribution in [3.8, 4) is 0 Å². The summed E-state index contributed by atoms with van der Waals surface area (Å²) in [6.07, 6.45) is 17.6. The molecule has 1 aliphatic heterocycles. The minimum absolute atomic E-state index is 0.0303. The molecule has 1 aliphatic rings. The van der Waals surface area contributed by atoms with Crippen LogP contribution in [0.5, 0.6) is 0 Å². The van der Waals surface area contributed by atoms with Gasteiger partial charge in [0, 0.05) is 42.3 Å². The second kappa shape index (κ2) is 23.3. The number of hydrogen-bond acceptors (Lipinski definition) is 6. The van der Waals surface area contributed by atoms with Gasteiger partial charge in [0.1, 0.15) is 0 Å². The Morgan fingerprint density at radius 2 is 1.30 bits per heavy atom.